The van der Waals surface area contributed by atoms with Crippen molar-refractivity contribution in [3.8, 4) is 11.1 Å². The van der Waals surface area contributed by atoms with E-state index in [1.807, 2.05) is 31.2 Å². The van der Waals surface area contributed by atoms with Gasteiger partial charge in [0, 0.05) is 44.9 Å². The highest BCUT2D eigenvalue weighted by atomic mass is 16.2. The van der Waals surface area contributed by atoms with E-state index in [9.17, 15) is 9.59 Å². The fourth-order valence-electron chi connectivity index (χ4n) is 3.63. The Hall–Kier alpha value is -2.95. The summed E-state index contributed by atoms with van der Waals surface area (Å²) >= 11 is 0. The molecule has 1 saturated heterocycles. The van der Waals surface area contributed by atoms with Gasteiger partial charge in [0.1, 0.15) is 6.04 Å². The molecule has 0 saturated carbocycles. The van der Waals surface area contributed by atoms with Gasteiger partial charge in [-0.2, -0.15) is 0 Å². The molecule has 1 aromatic carbocycles. The van der Waals surface area contributed by atoms with Gasteiger partial charge >= 0.3 is 0 Å². The summed E-state index contributed by atoms with van der Waals surface area (Å²) in [5.74, 6) is 0.0707. The lowest BCUT2D eigenvalue weighted by atomic mass is 9.98. The highest BCUT2D eigenvalue weighted by Crippen LogP contribution is 2.22. The minimum Gasteiger partial charge on any atom is -0.335 e. The fraction of sp³-hybridized carbons (Fsp3) is 0.348. The quantitative estimate of drug-likeness (QED) is 0.696. The summed E-state index contributed by atoms with van der Waals surface area (Å²) in [7, 11) is 0. The van der Waals surface area contributed by atoms with Crippen LogP contribution in [-0.2, 0) is 16.0 Å². The van der Waals surface area contributed by atoms with Gasteiger partial charge in [-0.3, -0.25) is 14.6 Å². The average molecular weight is 377 g/mol. The standard InChI is InChI=1S/C23H27N3O2/c1-3-5-22(27)26-16-15-25(14-4-2)23(28)21(26)17-18-6-8-19(9-7-18)20-10-12-24-13-11-20/h4,6-13,21H,2-3,5,14-17H2,1H3/t21-/m1/s1. The maximum atomic E-state index is 13.0. The summed E-state index contributed by atoms with van der Waals surface area (Å²) in [4.78, 5) is 33.2. The van der Waals surface area contributed by atoms with Crippen molar-refractivity contribution in [1.29, 1.82) is 0 Å². The molecular formula is C23H27N3O2. The van der Waals surface area contributed by atoms with Crippen molar-refractivity contribution in [1.82, 2.24) is 14.8 Å². The molecule has 5 heteroatoms. The largest absolute Gasteiger partial charge is 0.335 e. The second kappa shape index (κ2) is 9.31. The predicted molar refractivity (Wildman–Crippen MR) is 111 cm³/mol. The minimum atomic E-state index is -0.445. The van der Waals surface area contributed by atoms with Crippen molar-refractivity contribution >= 4 is 11.8 Å². The second-order valence-corrected chi connectivity index (χ2v) is 7.06. The molecule has 1 fully saturated rings. The Morgan fingerprint density at radius 3 is 2.46 bits per heavy atom. The van der Waals surface area contributed by atoms with E-state index in [4.69, 9.17) is 0 Å². The number of rotatable bonds is 7. The van der Waals surface area contributed by atoms with E-state index in [0.29, 0.717) is 32.5 Å². The smallest absolute Gasteiger partial charge is 0.246 e. The van der Waals surface area contributed by atoms with Crippen LogP contribution in [0.4, 0.5) is 0 Å². The van der Waals surface area contributed by atoms with E-state index in [-0.39, 0.29) is 11.8 Å². The first-order valence-electron chi connectivity index (χ1n) is 9.82. The Morgan fingerprint density at radius 1 is 1.14 bits per heavy atom. The number of nitrogens with zero attached hydrogens (tertiary/aromatic N) is 3. The van der Waals surface area contributed by atoms with E-state index < -0.39 is 6.04 Å². The summed E-state index contributed by atoms with van der Waals surface area (Å²) < 4.78 is 0. The van der Waals surface area contributed by atoms with Crippen LogP contribution in [0.3, 0.4) is 0 Å². The number of piperazine rings is 1. The molecule has 1 aromatic heterocycles. The van der Waals surface area contributed by atoms with Gasteiger partial charge in [-0.05, 0) is 35.2 Å². The van der Waals surface area contributed by atoms with Crippen LogP contribution in [-0.4, -0.2) is 52.3 Å². The Kier molecular flexibility index (Phi) is 6.58. The summed E-state index contributed by atoms with van der Waals surface area (Å²) in [6.45, 7) is 7.40. The zero-order valence-electron chi connectivity index (χ0n) is 16.4. The molecule has 0 N–H and O–H groups in total. The molecule has 28 heavy (non-hydrogen) atoms. The molecule has 1 aliphatic rings. The minimum absolute atomic E-state index is 0.00816. The highest BCUT2D eigenvalue weighted by Gasteiger charge is 2.36. The molecule has 146 valence electrons. The van der Waals surface area contributed by atoms with E-state index in [1.54, 1.807) is 28.3 Å². The summed E-state index contributed by atoms with van der Waals surface area (Å²) in [5.41, 5.74) is 3.26. The van der Waals surface area contributed by atoms with Crippen LogP contribution in [0, 0.1) is 0 Å². The topological polar surface area (TPSA) is 53.5 Å². The SMILES string of the molecule is C=CCN1CCN(C(=O)CCC)[C@H](Cc2ccc(-c3ccncc3)cc2)C1=O. The van der Waals surface area contributed by atoms with Crippen molar-refractivity contribution in [2.75, 3.05) is 19.6 Å². The number of benzene rings is 1. The van der Waals surface area contributed by atoms with Crippen molar-refractivity contribution in [2.45, 2.75) is 32.2 Å². The predicted octanol–water partition coefficient (Wildman–Crippen LogP) is 3.32. The Balaban J connectivity index is 1.79. The zero-order chi connectivity index (χ0) is 19.9. The number of pyridine rings is 1. The molecule has 1 aliphatic heterocycles. The maximum Gasteiger partial charge on any atom is 0.246 e. The molecule has 1 atom stereocenters. The summed E-state index contributed by atoms with van der Waals surface area (Å²) in [6.07, 6.45) is 7.07. The first-order valence-corrected chi connectivity index (χ1v) is 9.82. The van der Waals surface area contributed by atoms with Gasteiger partial charge in [0.05, 0.1) is 0 Å². The molecule has 0 spiro atoms. The number of carbonyl (C=O) groups excluding carboxylic acids is 2. The van der Waals surface area contributed by atoms with Gasteiger partial charge in [0.15, 0.2) is 0 Å². The van der Waals surface area contributed by atoms with Crippen LogP contribution in [0.5, 0.6) is 0 Å². The zero-order valence-corrected chi connectivity index (χ0v) is 16.4. The summed E-state index contributed by atoms with van der Waals surface area (Å²) in [5, 5.41) is 0. The van der Waals surface area contributed by atoms with Crippen LogP contribution in [0.2, 0.25) is 0 Å². The third-order valence-corrected chi connectivity index (χ3v) is 5.11. The first-order chi connectivity index (χ1) is 13.6. The van der Waals surface area contributed by atoms with Crippen LogP contribution in [0.1, 0.15) is 25.3 Å². The molecule has 5 nitrogen and oxygen atoms in total. The first kappa shape index (κ1) is 19.8. The lowest BCUT2D eigenvalue weighted by molar-refractivity contribution is -0.151. The van der Waals surface area contributed by atoms with Crippen molar-refractivity contribution in [3.05, 3.63) is 67.0 Å². The van der Waals surface area contributed by atoms with Gasteiger partial charge in [-0.1, -0.05) is 37.3 Å². The monoisotopic (exact) mass is 377 g/mol. The molecule has 2 amide bonds. The van der Waals surface area contributed by atoms with Gasteiger partial charge in [-0.15, -0.1) is 6.58 Å². The molecule has 3 rings (SSSR count). The Bertz CT molecular complexity index is 818. The van der Waals surface area contributed by atoms with Crippen LogP contribution in [0.15, 0.2) is 61.4 Å². The van der Waals surface area contributed by atoms with E-state index in [1.165, 1.54) is 0 Å². The highest BCUT2D eigenvalue weighted by molar-refractivity contribution is 5.89. The Morgan fingerprint density at radius 2 is 1.82 bits per heavy atom. The molecule has 0 unspecified atom stereocenters. The lowest BCUT2D eigenvalue weighted by Crippen LogP contribution is -2.59. The number of hydrogen-bond donors (Lipinski definition) is 0. The van der Waals surface area contributed by atoms with Gasteiger partial charge in [-0.25, -0.2) is 0 Å². The average Bonchev–Trinajstić information content (AvgIpc) is 2.72. The molecule has 2 heterocycles. The lowest BCUT2D eigenvalue weighted by Gasteiger charge is -2.40. The van der Waals surface area contributed by atoms with Crippen molar-refractivity contribution in [2.24, 2.45) is 0 Å². The van der Waals surface area contributed by atoms with E-state index in [0.717, 1.165) is 23.1 Å². The molecule has 0 aliphatic carbocycles. The van der Waals surface area contributed by atoms with Crippen LogP contribution < -0.4 is 0 Å². The van der Waals surface area contributed by atoms with Crippen LogP contribution >= 0.6 is 0 Å². The summed E-state index contributed by atoms with van der Waals surface area (Å²) in [6, 6.07) is 11.7. The number of amides is 2. The Labute approximate surface area is 166 Å². The third kappa shape index (κ3) is 4.47. The van der Waals surface area contributed by atoms with Gasteiger partial charge < -0.3 is 9.80 Å². The second-order valence-electron chi connectivity index (χ2n) is 7.06. The van der Waals surface area contributed by atoms with E-state index in [2.05, 4.69) is 23.7 Å². The molecular weight excluding hydrogens is 350 g/mol. The van der Waals surface area contributed by atoms with Gasteiger partial charge in [0.25, 0.3) is 0 Å². The van der Waals surface area contributed by atoms with Crippen LogP contribution in [0.25, 0.3) is 11.1 Å². The third-order valence-electron chi connectivity index (χ3n) is 5.11. The maximum absolute atomic E-state index is 13.0. The molecule has 0 bridgehead atoms. The number of carbonyl (C=O) groups is 2. The molecule has 2 aromatic rings. The van der Waals surface area contributed by atoms with E-state index >= 15 is 0 Å². The molecule has 0 radical (unpaired) electrons. The fourth-order valence-corrected chi connectivity index (χ4v) is 3.63. The van der Waals surface area contributed by atoms with Crippen molar-refractivity contribution in [3.63, 3.8) is 0 Å². The number of aromatic nitrogens is 1. The normalized spacial score (nSPS) is 16.9. The van der Waals surface area contributed by atoms with Gasteiger partial charge in [0.2, 0.25) is 11.8 Å². The number of hydrogen-bond acceptors (Lipinski definition) is 3. The van der Waals surface area contributed by atoms with Crippen molar-refractivity contribution < 1.29 is 9.59 Å².